The standard InChI is InChI=1S/C24H19BrClN3OS/c25-19-8-6-18(7-9-19)22-14-27-24(29(22)15-17-4-2-1-3-5-17)31-16-23(30)28-21-12-10-20(26)11-13-21/h1-14H,15-16H2,(H,28,30). The van der Waals surface area contributed by atoms with Crippen LogP contribution < -0.4 is 5.32 Å². The molecule has 3 aromatic carbocycles. The highest BCUT2D eigenvalue weighted by atomic mass is 79.9. The maximum Gasteiger partial charge on any atom is 0.234 e. The minimum atomic E-state index is -0.0909. The van der Waals surface area contributed by atoms with E-state index in [4.69, 9.17) is 11.6 Å². The van der Waals surface area contributed by atoms with E-state index in [9.17, 15) is 4.79 Å². The van der Waals surface area contributed by atoms with Gasteiger partial charge in [0, 0.05) is 15.2 Å². The number of carbonyl (C=O) groups is 1. The van der Waals surface area contributed by atoms with E-state index >= 15 is 0 Å². The molecule has 4 rings (SSSR count). The molecule has 0 saturated carbocycles. The summed E-state index contributed by atoms with van der Waals surface area (Å²) in [6.45, 7) is 0.674. The molecule has 156 valence electrons. The molecule has 31 heavy (non-hydrogen) atoms. The summed E-state index contributed by atoms with van der Waals surface area (Å²) < 4.78 is 3.18. The number of benzene rings is 3. The average molecular weight is 513 g/mol. The number of carbonyl (C=O) groups excluding carboxylic acids is 1. The molecule has 0 aliphatic heterocycles. The van der Waals surface area contributed by atoms with Crippen LogP contribution in [-0.4, -0.2) is 21.2 Å². The first kappa shape index (κ1) is 21.7. The summed E-state index contributed by atoms with van der Waals surface area (Å²) >= 11 is 10.8. The molecule has 1 amide bonds. The summed E-state index contributed by atoms with van der Waals surface area (Å²) in [6, 6.07) is 25.5. The van der Waals surface area contributed by atoms with Gasteiger partial charge >= 0.3 is 0 Å². The van der Waals surface area contributed by atoms with E-state index in [0.717, 1.165) is 26.6 Å². The van der Waals surface area contributed by atoms with Crippen molar-refractivity contribution < 1.29 is 4.79 Å². The Labute approximate surface area is 198 Å². The van der Waals surface area contributed by atoms with E-state index in [1.54, 1.807) is 24.3 Å². The molecule has 1 heterocycles. The fourth-order valence-electron chi connectivity index (χ4n) is 3.10. The third-order valence-electron chi connectivity index (χ3n) is 4.60. The molecule has 1 aromatic heterocycles. The number of hydrogen-bond acceptors (Lipinski definition) is 3. The number of nitrogens with zero attached hydrogens (tertiary/aromatic N) is 2. The highest BCUT2D eigenvalue weighted by Crippen LogP contribution is 2.28. The van der Waals surface area contributed by atoms with Crippen molar-refractivity contribution in [1.82, 2.24) is 9.55 Å². The molecule has 7 heteroatoms. The van der Waals surface area contributed by atoms with Gasteiger partial charge in [-0.25, -0.2) is 4.98 Å². The van der Waals surface area contributed by atoms with Crippen LogP contribution in [0, 0.1) is 0 Å². The van der Waals surface area contributed by atoms with Crippen molar-refractivity contribution in [3.63, 3.8) is 0 Å². The fourth-order valence-corrected chi connectivity index (χ4v) is 4.27. The molecule has 0 spiro atoms. The molecule has 0 bridgehead atoms. The predicted molar refractivity (Wildman–Crippen MR) is 132 cm³/mol. The van der Waals surface area contributed by atoms with Crippen molar-refractivity contribution in [3.8, 4) is 11.3 Å². The number of amides is 1. The van der Waals surface area contributed by atoms with Crippen LogP contribution in [0.15, 0.2) is 94.7 Å². The van der Waals surface area contributed by atoms with E-state index in [1.807, 2.05) is 36.5 Å². The van der Waals surface area contributed by atoms with Gasteiger partial charge in [-0.3, -0.25) is 4.79 Å². The molecule has 0 unspecified atom stereocenters. The second-order valence-electron chi connectivity index (χ2n) is 6.85. The Morgan fingerprint density at radius 1 is 1.00 bits per heavy atom. The zero-order valence-electron chi connectivity index (χ0n) is 16.5. The molecule has 0 radical (unpaired) electrons. The van der Waals surface area contributed by atoms with Crippen LogP contribution in [0.3, 0.4) is 0 Å². The molecule has 4 aromatic rings. The summed E-state index contributed by atoms with van der Waals surface area (Å²) in [6.07, 6.45) is 1.87. The average Bonchev–Trinajstić information content (AvgIpc) is 3.17. The maximum atomic E-state index is 12.4. The van der Waals surface area contributed by atoms with Crippen LogP contribution in [-0.2, 0) is 11.3 Å². The fraction of sp³-hybridized carbons (Fsp3) is 0.0833. The molecule has 0 aliphatic carbocycles. The van der Waals surface area contributed by atoms with Gasteiger partial charge in [0.15, 0.2) is 5.16 Å². The molecular formula is C24H19BrClN3OS. The van der Waals surface area contributed by atoms with E-state index < -0.39 is 0 Å². The van der Waals surface area contributed by atoms with Gasteiger partial charge in [0.1, 0.15) is 0 Å². The largest absolute Gasteiger partial charge is 0.325 e. The van der Waals surface area contributed by atoms with Crippen LogP contribution in [0.4, 0.5) is 5.69 Å². The number of aromatic nitrogens is 2. The number of halogens is 2. The summed E-state index contributed by atoms with van der Waals surface area (Å²) in [7, 11) is 0. The first-order valence-corrected chi connectivity index (χ1v) is 11.8. The first-order chi connectivity index (χ1) is 15.1. The van der Waals surface area contributed by atoms with Crippen molar-refractivity contribution in [2.45, 2.75) is 11.7 Å². The zero-order valence-corrected chi connectivity index (χ0v) is 19.6. The molecule has 0 fully saturated rings. The molecule has 0 atom stereocenters. The van der Waals surface area contributed by atoms with E-state index in [2.05, 4.69) is 55.1 Å². The Morgan fingerprint density at radius 3 is 2.42 bits per heavy atom. The Hall–Kier alpha value is -2.54. The summed E-state index contributed by atoms with van der Waals surface area (Å²) in [5.74, 6) is 0.167. The van der Waals surface area contributed by atoms with Gasteiger partial charge in [-0.2, -0.15) is 0 Å². The first-order valence-electron chi connectivity index (χ1n) is 9.62. The van der Waals surface area contributed by atoms with E-state index in [-0.39, 0.29) is 11.7 Å². The van der Waals surface area contributed by atoms with Gasteiger partial charge in [-0.05, 0) is 47.5 Å². The number of nitrogens with one attached hydrogen (secondary N) is 1. The minimum absolute atomic E-state index is 0.0909. The maximum absolute atomic E-state index is 12.4. The number of imidazole rings is 1. The Kier molecular flexibility index (Phi) is 7.12. The van der Waals surface area contributed by atoms with Gasteiger partial charge in [0.05, 0.1) is 24.2 Å². The molecule has 4 nitrogen and oxygen atoms in total. The molecular weight excluding hydrogens is 494 g/mol. The van der Waals surface area contributed by atoms with Gasteiger partial charge in [-0.1, -0.05) is 81.8 Å². The van der Waals surface area contributed by atoms with Crippen LogP contribution in [0.2, 0.25) is 5.02 Å². The van der Waals surface area contributed by atoms with Crippen molar-refractivity contribution in [2.75, 3.05) is 11.1 Å². The predicted octanol–water partition coefficient (Wildman–Crippen LogP) is 6.75. The topological polar surface area (TPSA) is 46.9 Å². The van der Waals surface area contributed by atoms with Gasteiger partial charge in [0.2, 0.25) is 5.91 Å². The summed E-state index contributed by atoms with van der Waals surface area (Å²) in [5, 5.41) is 4.33. The lowest BCUT2D eigenvalue weighted by molar-refractivity contribution is -0.113. The van der Waals surface area contributed by atoms with Crippen molar-refractivity contribution in [2.24, 2.45) is 0 Å². The van der Waals surface area contributed by atoms with Crippen molar-refractivity contribution in [3.05, 3.63) is 100 Å². The lowest BCUT2D eigenvalue weighted by Crippen LogP contribution is -2.14. The summed E-state index contributed by atoms with van der Waals surface area (Å²) in [5.41, 5.74) is 3.98. The SMILES string of the molecule is O=C(CSc1ncc(-c2ccc(Br)cc2)n1Cc1ccccc1)Nc1ccc(Cl)cc1. The van der Waals surface area contributed by atoms with E-state index in [0.29, 0.717) is 11.6 Å². The highest BCUT2D eigenvalue weighted by Gasteiger charge is 2.15. The van der Waals surface area contributed by atoms with Gasteiger partial charge in [-0.15, -0.1) is 0 Å². The van der Waals surface area contributed by atoms with Crippen molar-refractivity contribution >= 4 is 50.9 Å². The van der Waals surface area contributed by atoms with E-state index in [1.165, 1.54) is 17.3 Å². The second kappa shape index (κ2) is 10.2. The lowest BCUT2D eigenvalue weighted by atomic mass is 10.1. The smallest absolute Gasteiger partial charge is 0.234 e. The molecule has 0 aliphatic rings. The molecule has 1 N–H and O–H groups in total. The van der Waals surface area contributed by atoms with Crippen molar-refractivity contribution in [1.29, 1.82) is 0 Å². The second-order valence-corrected chi connectivity index (χ2v) is 9.14. The van der Waals surface area contributed by atoms with Crippen LogP contribution in [0.1, 0.15) is 5.56 Å². The normalized spacial score (nSPS) is 10.8. The number of anilines is 1. The zero-order chi connectivity index (χ0) is 21.6. The van der Waals surface area contributed by atoms with Gasteiger partial charge < -0.3 is 9.88 Å². The quantitative estimate of drug-likeness (QED) is 0.279. The number of rotatable bonds is 7. The Morgan fingerprint density at radius 2 is 1.71 bits per heavy atom. The van der Waals surface area contributed by atoms with Crippen LogP contribution >= 0.6 is 39.3 Å². The highest BCUT2D eigenvalue weighted by molar-refractivity contribution is 9.10. The van der Waals surface area contributed by atoms with Gasteiger partial charge in [0.25, 0.3) is 0 Å². The third kappa shape index (κ3) is 5.79. The lowest BCUT2D eigenvalue weighted by Gasteiger charge is -2.12. The summed E-state index contributed by atoms with van der Waals surface area (Å²) in [4.78, 5) is 17.1. The molecule has 0 saturated heterocycles. The number of thioether (sulfide) groups is 1. The number of hydrogen-bond donors (Lipinski definition) is 1. The van der Waals surface area contributed by atoms with Crippen LogP contribution in [0.5, 0.6) is 0 Å². The van der Waals surface area contributed by atoms with Crippen LogP contribution in [0.25, 0.3) is 11.3 Å². The monoisotopic (exact) mass is 511 g/mol. The minimum Gasteiger partial charge on any atom is -0.325 e. The Bertz CT molecular complexity index is 1160. The third-order valence-corrected chi connectivity index (χ3v) is 6.37. The Balaban J connectivity index is 1.54.